The summed E-state index contributed by atoms with van der Waals surface area (Å²) in [5.74, 6) is -0.979. The number of rotatable bonds is 5. The molecule has 8 nitrogen and oxygen atoms in total. The normalized spacial score (nSPS) is 15.3. The second-order valence-electron chi connectivity index (χ2n) is 5.05. The minimum atomic E-state index is -0.953. The van der Waals surface area contributed by atoms with Crippen LogP contribution in [-0.2, 0) is 14.3 Å². The number of carbonyl (C=O) groups excluding carboxylic acids is 3. The van der Waals surface area contributed by atoms with Crippen LogP contribution in [0.2, 0.25) is 0 Å². The molecular weight excluding hydrogens is 348 g/mol. The fraction of sp³-hybridized carbons (Fsp3) is 0.188. The fourth-order valence-electron chi connectivity index (χ4n) is 2.13. The van der Waals surface area contributed by atoms with Gasteiger partial charge >= 0.3 is 5.97 Å². The van der Waals surface area contributed by atoms with Gasteiger partial charge in [0.15, 0.2) is 18.1 Å². The van der Waals surface area contributed by atoms with Gasteiger partial charge in [-0.05, 0) is 23.6 Å². The van der Waals surface area contributed by atoms with Crippen LogP contribution in [0, 0.1) is 0 Å². The lowest BCUT2D eigenvalue weighted by Crippen LogP contribution is -2.39. The van der Waals surface area contributed by atoms with Crippen LogP contribution in [0.5, 0.6) is 11.5 Å². The Morgan fingerprint density at radius 2 is 2.00 bits per heavy atom. The predicted molar refractivity (Wildman–Crippen MR) is 88.8 cm³/mol. The van der Waals surface area contributed by atoms with Crippen LogP contribution in [0.3, 0.4) is 0 Å². The molecule has 3 rings (SSSR count). The van der Waals surface area contributed by atoms with Gasteiger partial charge in [0.05, 0.1) is 5.56 Å². The minimum absolute atomic E-state index is 0.00574. The van der Waals surface area contributed by atoms with Gasteiger partial charge in [0.2, 0.25) is 6.10 Å². The largest absolute Gasteiger partial charge is 0.485 e. The molecule has 0 bridgehead atoms. The van der Waals surface area contributed by atoms with Crippen molar-refractivity contribution in [1.29, 1.82) is 0 Å². The highest BCUT2D eigenvalue weighted by Gasteiger charge is 2.29. The van der Waals surface area contributed by atoms with E-state index in [1.165, 1.54) is 6.07 Å². The molecule has 0 saturated heterocycles. The summed E-state index contributed by atoms with van der Waals surface area (Å²) in [5, 5.41) is 4.40. The Morgan fingerprint density at radius 3 is 2.76 bits per heavy atom. The molecule has 1 aromatic carbocycles. The molecule has 9 heteroatoms. The number of fused-ring (bicyclic) bond motifs is 1. The maximum Gasteiger partial charge on any atom is 0.351 e. The molecule has 0 aliphatic carbocycles. The van der Waals surface area contributed by atoms with E-state index >= 15 is 0 Å². The third-order valence-corrected chi connectivity index (χ3v) is 4.13. The van der Waals surface area contributed by atoms with E-state index in [0.29, 0.717) is 16.5 Å². The Morgan fingerprint density at radius 1 is 1.24 bits per heavy atom. The number of esters is 1. The smallest absolute Gasteiger partial charge is 0.351 e. The Hall–Kier alpha value is -3.07. The van der Waals surface area contributed by atoms with Crippen molar-refractivity contribution in [1.82, 2.24) is 0 Å². The summed E-state index contributed by atoms with van der Waals surface area (Å²) in [6.07, 6.45) is -0.953. The van der Waals surface area contributed by atoms with E-state index in [2.05, 4.69) is 5.32 Å². The highest BCUT2D eigenvalue weighted by molar-refractivity contribution is 7.14. The van der Waals surface area contributed by atoms with Crippen LogP contribution < -0.4 is 20.5 Å². The lowest BCUT2D eigenvalue weighted by atomic mass is 10.2. The Kier molecular flexibility index (Phi) is 4.85. The summed E-state index contributed by atoms with van der Waals surface area (Å²) in [6.45, 7) is -0.523. The Balaban J connectivity index is 1.52. The molecular formula is C16H14N2O6S. The standard InChI is InChI=1S/C16H14N2O6S/c17-14(20)9-5-6-25-15(9)18-13(19)8-23-16(21)12-7-22-10-3-1-2-4-11(10)24-12/h1-6,12H,7-8H2,(H2,17,20)(H,18,19). The molecule has 130 valence electrons. The van der Waals surface area contributed by atoms with Crippen molar-refractivity contribution in [3.8, 4) is 11.5 Å². The van der Waals surface area contributed by atoms with Crippen molar-refractivity contribution in [3.05, 3.63) is 41.3 Å². The third-order valence-electron chi connectivity index (χ3n) is 3.30. The predicted octanol–water partition coefficient (Wildman–Crippen LogP) is 1.17. The number of para-hydroxylation sites is 2. The van der Waals surface area contributed by atoms with Gasteiger partial charge in [0.1, 0.15) is 11.6 Å². The fourth-order valence-corrected chi connectivity index (χ4v) is 2.94. The molecule has 2 amide bonds. The number of nitrogens with one attached hydrogen (secondary N) is 1. The van der Waals surface area contributed by atoms with E-state index in [1.54, 1.807) is 29.6 Å². The van der Waals surface area contributed by atoms with E-state index in [4.69, 9.17) is 19.9 Å². The number of thiophene rings is 1. The first kappa shape index (κ1) is 16.8. The first-order valence-electron chi connectivity index (χ1n) is 7.27. The summed E-state index contributed by atoms with van der Waals surface area (Å²) in [6, 6.07) is 8.43. The molecule has 2 heterocycles. The number of ether oxygens (including phenoxy) is 3. The van der Waals surface area contributed by atoms with Gasteiger partial charge in [0, 0.05) is 0 Å². The second-order valence-corrected chi connectivity index (χ2v) is 5.96. The van der Waals surface area contributed by atoms with E-state index in [-0.39, 0.29) is 12.2 Å². The van der Waals surface area contributed by atoms with Gasteiger partial charge < -0.3 is 25.3 Å². The zero-order valence-corrected chi connectivity index (χ0v) is 13.7. The monoisotopic (exact) mass is 362 g/mol. The van der Waals surface area contributed by atoms with Gasteiger partial charge in [-0.15, -0.1) is 11.3 Å². The van der Waals surface area contributed by atoms with Crippen molar-refractivity contribution in [2.75, 3.05) is 18.5 Å². The van der Waals surface area contributed by atoms with Crippen molar-refractivity contribution in [3.63, 3.8) is 0 Å². The van der Waals surface area contributed by atoms with Gasteiger partial charge in [-0.2, -0.15) is 0 Å². The molecule has 1 aliphatic rings. The number of nitrogens with two attached hydrogens (primary N) is 1. The molecule has 0 fully saturated rings. The maximum atomic E-state index is 12.0. The topological polar surface area (TPSA) is 117 Å². The average molecular weight is 362 g/mol. The number of hydrogen-bond acceptors (Lipinski definition) is 7. The third kappa shape index (κ3) is 3.89. The molecule has 0 spiro atoms. The van der Waals surface area contributed by atoms with Crippen LogP contribution in [0.25, 0.3) is 0 Å². The van der Waals surface area contributed by atoms with Crippen molar-refractivity contribution >= 4 is 34.1 Å². The summed E-state index contributed by atoms with van der Waals surface area (Å²) in [4.78, 5) is 35.1. The number of anilines is 1. The Bertz CT molecular complexity index is 818. The zero-order chi connectivity index (χ0) is 17.8. The highest BCUT2D eigenvalue weighted by Crippen LogP contribution is 2.31. The van der Waals surface area contributed by atoms with E-state index in [0.717, 1.165) is 11.3 Å². The first-order chi connectivity index (χ1) is 12.0. The molecule has 0 radical (unpaired) electrons. The number of hydrogen-bond donors (Lipinski definition) is 2. The maximum absolute atomic E-state index is 12.0. The number of carbonyl (C=O) groups is 3. The number of primary amides is 1. The number of benzene rings is 1. The summed E-state index contributed by atoms with van der Waals surface area (Å²) < 4.78 is 15.8. The first-order valence-corrected chi connectivity index (χ1v) is 8.15. The van der Waals surface area contributed by atoms with E-state index in [1.807, 2.05) is 0 Å². The summed E-state index contributed by atoms with van der Waals surface area (Å²) in [5.41, 5.74) is 5.39. The van der Waals surface area contributed by atoms with Gasteiger partial charge in [0.25, 0.3) is 11.8 Å². The number of amides is 2. The SMILES string of the molecule is NC(=O)c1ccsc1NC(=O)COC(=O)C1COc2ccccc2O1. The minimum Gasteiger partial charge on any atom is -0.485 e. The molecule has 1 unspecified atom stereocenters. The second kappa shape index (κ2) is 7.22. The summed E-state index contributed by atoms with van der Waals surface area (Å²) >= 11 is 1.14. The summed E-state index contributed by atoms with van der Waals surface area (Å²) in [7, 11) is 0. The van der Waals surface area contributed by atoms with Crippen LogP contribution in [-0.4, -0.2) is 37.1 Å². The molecule has 0 saturated carbocycles. The molecule has 3 N–H and O–H groups in total. The lowest BCUT2D eigenvalue weighted by molar-refractivity contribution is -0.156. The van der Waals surface area contributed by atoms with Gasteiger partial charge in [-0.3, -0.25) is 9.59 Å². The van der Waals surface area contributed by atoms with Gasteiger partial charge in [-0.25, -0.2) is 4.79 Å². The van der Waals surface area contributed by atoms with Crippen LogP contribution >= 0.6 is 11.3 Å². The zero-order valence-electron chi connectivity index (χ0n) is 12.9. The Labute approximate surface area is 146 Å². The van der Waals surface area contributed by atoms with Crippen LogP contribution in [0.15, 0.2) is 35.7 Å². The average Bonchev–Trinajstić information content (AvgIpc) is 3.07. The van der Waals surface area contributed by atoms with E-state index < -0.39 is 30.5 Å². The molecule has 1 aliphatic heterocycles. The quantitative estimate of drug-likeness (QED) is 0.771. The molecule has 1 atom stereocenters. The van der Waals surface area contributed by atoms with Crippen molar-refractivity contribution in [2.45, 2.75) is 6.10 Å². The molecule has 2 aromatic rings. The van der Waals surface area contributed by atoms with Crippen LogP contribution in [0.4, 0.5) is 5.00 Å². The van der Waals surface area contributed by atoms with Crippen molar-refractivity contribution < 1.29 is 28.6 Å². The molecule has 25 heavy (non-hydrogen) atoms. The lowest BCUT2D eigenvalue weighted by Gasteiger charge is -2.24. The van der Waals surface area contributed by atoms with Crippen LogP contribution in [0.1, 0.15) is 10.4 Å². The van der Waals surface area contributed by atoms with Crippen molar-refractivity contribution in [2.24, 2.45) is 5.73 Å². The molecule has 1 aromatic heterocycles. The van der Waals surface area contributed by atoms with E-state index in [9.17, 15) is 14.4 Å². The van der Waals surface area contributed by atoms with Gasteiger partial charge in [-0.1, -0.05) is 12.1 Å². The highest BCUT2D eigenvalue weighted by atomic mass is 32.1.